The van der Waals surface area contributed by atoms with Crippen LogP contribution in [0.1, 0.15) is 12.8 Å². The number of carbonyl (C=O) groups is 3. The van der Waals surface area contributed by atoms with Gasteiger partial charge in [0.05, 0.1) is 12.8 Å². The van der Waals surface area contributed by atoms with Crippen molar-refractivity contribution in [3.63, 3.8) is 0 Å². The van der Waals surface area contributed by atoms with Gasteiger partial charge < -0.3 is 26.6 Å². The van der Waals surface area contributed by atoms with Gasteiger partial charge in [0.1, 0.15) is 0 Å². The standard InChI is InChI=1S/C6H8O7.ClH.Fe.H3N.Na.H/c7-3(8)1-6(13,5(11)12)2-4(9)10;;;;;/h13H,1-2H2,(H,7,8)(H,9,10)(H,11,12);1H;;1H3;;. The van der Waals surface area contributed by atoms with E-state index in [4.69, 9.17) is 20.4 Å². The first-order chi connectivity index (χ1) is 5.78. The molecule has 0 aliphatic carbocycles. The number of rotatable bonds is 5. The topological polar surface area (TPSA) is 167 Å². The molecular weight excluding hydrogens is 312 g/mol. The molecule has 0 saturated carbocycles. The van der Waals surface area contributed by atoms with Gasteiger partial charge >= 0.3 is 47.5 Å². The molecule has 17 heavy (non-hydrogen) atoms. The summed E-state index contributed by atoms with van der Waals surface area (Å²) in [5.74, 6) is -5.02. The zero-order valence-electron chi connectivity index (χ0n) is 7.90. The van der Waals surface area contributed by atoms with Crippen molar-refractivity contribution < 1.29 is 51.9 Å². The molecule has 0 heterocycles. The van der Waals surface area contributed by atoms with E-state index < -0.39 is 36.4 Å². The number of hydrogen-bond acceptors (Lipinski definition) is 5. The van der Waals surface area contributed by atoms with Crippen LogP contribution < -0.4 is 6.15 Å². The van der Waals surface area contributed by atoms with Crippen LogP contribution in [0.25, 0.3) is 0 Å². The predicted octanol–water partition coefficient (Wildman–Crippen LogP) is -1.32. The van der Waals surface area contributed by atoms with Crippen molar-refractivity contribution in [2.24, 2.45) is 0 Å². The molecular formula is C6H13ClFeNNaO7. The van der Waals surface area contributed by atoms with Gasteiger partial charge in [-0.1, -0.05) is 0 Å². The van der Waals surface area contributed by atoms with E-state index in [-0.39, 0.29) is 65.2 Å². The fraction of sp³-hybridized carbons (Fsp3) is 0.500. The molecule has 0 atom stereocenters. The molecule has 0 radical (unpaired) electrons. The molecule has 0 rings (SSSR count). The second-order valence-corrected chi connectivity index (χ2v) is 2.48. The van der Waals surface area contributed by atoms with Gasteiger partial charge in [-0.3, -0.25) is 9.59 Å². The maximum absolute atomic E-state index is 10.3. The van der Waals surface area contributed by atoms with E-state index in [2.05, 4.69) is 0 Å². The fourth-order valence-corrected chi connectivity index (χ4v) is 0.714. The second-order valence-electron chi connectivity index (χ2n) is 2.48. The van der Waals surface area contributed by atoms with Gasteiger partial charge in [0.25, 0.3) is 0 Å². The molecule has 0 aliphatic heterocycles. The molecule has 100 valence electrons. The Morgan fingerprint density at radius 3 is 1.29 bits per heavy atom. The van der Waals surface area contributed by atoms with Gasteiger partial charge in [-0.05, 0) is 0 Å². The number of carboxylic acid groups (broad SMARTS) is 3. The fourth-order valence-electron chi connectivity index (χ4n) is 0.714. The average Bonchev–Trinajstić information content (AvgIpc) is 1.82. The normalized spacial score (nSPS) is 8.29. The predicted molar refractivity (Wildman–Crippen MR) is 56.5 cm³/mol. The van der Waals surface area contributed by atoms with Crippen LogP contribution >= 0.6 is 12.4 Å². The summed E-state index contributed by atoms with van der Waals surface area (Å²) in [7, 11) is 0. The first-order valence-corrected chi connectivity index (χ1v) is 3.17. The van der Waals surface area contributed by atoms with Crippen LogP contribution in [0.3, 0.4) is 0 Å². The number of aliphatic carboxylic acids is 3. The summed E-state index contributed by atoms with van der Waals surface area (Å²) in [4.78, 5) is 30.5. The van der Waals surface area contributed by atoms with Crippen molar-refractivity contribution in [2.45, 2.75) is 18.4 Å². The van der Waals surface area contributed by atoms with Crippen molar-refractivity contribution in [2.75, 3.05) is 0 Å². The number of halogens is 1. The minimum absolute atomic E-state index is 0. The van der Waals surface area contributed by atoms with Crippen LogP contribution in [0.4, 0.5) is 0 Å². The summed E-state index contributed by atoms with van der Waals surface area (Å²) in [5, 5.41) is 33.8. The van der Waals surface area contributed by atoms with E-state index in [1.807, 2.05) is 0 Å². The van der Waals surface area contributed by atoms with Gasteiger partial charge in [0, 0.05) is 17.1 Å². The van der Waals surface area contributed by atoms with Gasteiger partial charge in [-0.25, -0.2) is 4.79 Å². The molecule has 11 heteroatoms. The van der Waals surface area contributed by atoms with Gasteiger partial charge in [0.15, 0.2) is 5.60 Å². The van der Waals surface area contributed by atoms with Crippen LogP contribution in [0.15, 0.2) is 0 Å². The van der Waals surface area contributed by atoms with Crippen molar-refractivity contribution >= 4 is 59.9 Å². The molecule has 0 amide bonds. The molecule has 0 unspecified atom stereocenters. The Bertz CT molecular complexity index is 249. The Balaban J connectivity index is -0.000000120. The van der Waals surface area contributed by atoms with Crippen molar-refractivity contribution in [1.29, 1.82) is 0 Å². The molecule has 0 aromatic carbocycles. The number of carboxylic acids is 3. The van der Waals surface area contributed by atoms with Crippen LogP contribution in [0, 0.1) is 0 Å². The van der Waals surface area contributed by atoms with Crippen LogP contribution in [-0.4, -0.2) is 73.5 Å². The van der Waals surface area contributed by atoms with Gasteiger partial charge in [-0.2, -0.15) is 0 Å². The van der Waals surface area contributed by atoms with E-state index in [1.165, 1.54) is 0 Å². The van der Waals surface area contributed by atoms with E-state index >= 15 is 0 Å². The summed E-state index contributed by atoms with van der Waals surface area (Å²) in [6, 6.07) is 0. The molecule has 0 aromatic rings. The molecule has 0 fully saturated rings. The van der Waals surface area contributed by atoms with E-state index in [0.29, 0.717) is 0 Å². The Morgan fingerprint density at radius 2 is 1.18 bits per heavy atom. The molecule has 0 spiro atoms. The third kappa shape index (κ3) is 12.4. The summed E-state index contributed by atoms with van der Waals surface area (Å²) in [5.41, 5.74) is -2.74. The zero-order chi connectivity index (χ0) is 10.6. The molecule has 0 aliphatic rings. The first kappa shape index (κ1) is 30.3. The van der Waals surface area contributed by atoms with Crippen molar-refractivity contribution in [1.82, 2.24) is 6.15 Å². The summed E-state index contributed by atoms with van der Waals surface area (Å²) in [6.45, 7) is 0. The molecule has 7 N–H and O–H groups in total. The van der Waals surface area contributed by atoms with Gasteiger partial charge in [-0.15, -0.1) is 12.4 Å². The Morgan fingerprint density at radius 1 is 0.941 bits per heavy atom. The summed E-state index contributed by atoms with van der Waals surface area (Å²) < 4.78 is 0. The minimum atomic E-state index is -2.74. The third-order valence-electron chi connectivity index (χ3n) is 1.29. The van der Waals surface area contributed by atoms with Gasteiger partial charge in [0.2, 0.25) is 0 Å². The Hall–Kier alpha value is 0.139. The Kier molecular flexibility index (Phi) is 22.4. The maximum atomic E-state index is 10.3. The molecule has 0 aromatic heterocycles. The number of aliphatic hydroxyl groups is 1. The molecule has 0 saturated heterocycles. The van der Waals surface area contributed by atoms with E-state index in [1.54, 1.807) is 0 Å². The van der Waals surface area contributed by atoms with E-state index in [0.717, 1.165) is 0 Å². The first-order valence-electron chi connectivity index (χ1n) is 3.17. The average molecular weight is 325 g/mol. The Labute approximate surface area is 136 Å². The summed E-state index contributed by atoms with van der Waals surface area (Å²) >= 11 is 0. The van der Waals surface area contributed by atoms with Crippen LogP contribution in [-0.2, 0) is 31.5 Å². The SMILES string of the molecule is Cl.N.O=C(O)CC(O)(CC(=O)O)C(=O)O.[Fe].[NaH]. The monoisotopic (exact) mass is 325 g/mol. The second kappa shape index (κ2) is 12.6. The zero-order valence-corrected chi connectivity index (χ0v) is 9.82. The van der Waals surface area contributed by atoms with Crippen LogP contribution in [0.5, 0.6) is 0 Å². The molecule has 8 nitrogen and oxygen atoms in total. The van der Waals surface area contributed by atoms with Crippen molar-refractivity contribution in [3.05, 3.63) is 0 Å². The quantitative estimate of drug-likeness (QED) is 0.388. The summed E-state index contributed by atoms with van der Waals surface area (Å²) in [6.07, 6.45) is -2.29. The molecule has 0 bridgehead atoms. The number of hydrogen-bond donors (Lipinski definition) is 5. The van der Waals surface area contributed by atoms with Crippen LogP contribution in [0.2, 0.25) is 0 Å². The van der Waals surface area contributed by atoms with Crippen molar-refractivity contribution in [3.8, 4) is 0 Å². The van der Waals surface area contributed by atoms with E-state index in [9.17, 15) is 14.4 Å². The third-order valence-corrected chi connectivity index (χ3v) is 1.29.